The second-order valence-corrected chi connectivity index (χ2v) is 3.30. The molecule has 0 aliphatic rings. The Kier molecular flexibility index (Phi) is 17.8. The molecule has 0 atom stereocenters. The lowest BCUT2D eigenvalue weighted by molar-refractivity contribution is 0.103. The summed E-state index contributed by atoms with van der Waals surface area (Å²) in [6.45, 7) is 1.38. The van der Waals surface area contributed by atoms with Crippen LogP contribution >= 0.6 is 8.60 Å². The lowest BCUT2D eigenvalue weighted by Gasteiger charge is -2.05. The molecule has 0 amide bonds. The van der Waals surface area contributed by atoms with Gasteiger partial charge in [-0.05, 0) is 0 Å². The van der Waals surface area contributed by atoms with Crippen LogP contribution in [0.2, 0.25) is 0 Å². The van der Waals surface area contributed by atoms with Gasteiger partial charge < -0.3 is 23.0 Å². The molecular formula is C7H19O5P. The van der Waals surface area contributed by atoms with Crippen molar-refractivity contribution < 1.29 is 23.0 Å². The summed E-state index contributed by atoms with van der Waals surface area (Å²) in [5.41, 5.74) is 0. The van der Waals surface area contributed by atoms with Crippen molar-refractivity contribution in [2.75, 3.05) is 48.8 Å². The molecule has 0 aromatic carbocycles. The van der Waals surface area contributed by atoms with E-state index < -0.39 is 8.60 Å². The monoisotopic (exact) mass is 214 g/mol. The van der Waals surface area contributed by atoms with Gasteiger partial charge in [-0.1, -0.05) is 0 Å². The first-order chi connectivity index (χ1) is 6.26. The molecule has 0 saturated carbocycles. The molecule has 6 heteroatoms. The molecule has 0 N–H and O–H groups in total. The second-order valence-electron chi connectivity index (χ2n) is 1.76. The fourth-order valence-electron chi connectivity index (χ4n) is 0.390. The van der Waals surface area contributed by atoms with E-state index in [0.29, 0.717) is 13.2 Å². The molecule has 0 heterocycles. The standard InChI is InChI=1S/C4H10O2.C3H9O3P/c1-5-3-4-6-2;1-4-7(5-2)6-3/h3-4H2,1-2H3;1-3H3. The quantitative estimate of drug-likeness (QED) is 0.494. The van der Waals surface area contributed by atoms with Gasteiger partial charge in [0.05, 0.1) is 13.2 Å². The van der Waals surface area contributed by atoms with Crippen molar-refractivity contribution in [1.82, 2.24) is 0 Å². The van der Waals surface area contributed by atoms with Crippen LogP contribution in [0.5, 0.6) is 0 Å². The fourth-order valence-corrected chi connectivity index (χ4v) is 0.837. The summed E-state index contributed by atoms with van der Waals surface area (Å²) in [7, 11) is 6.87. The normalized spacial score (nSPS) is 9.69. The zero-order valence-electron chi connectivity index (χ0n) is 8.90. The Morgan fingerprint density at radius 2 is 1.00 bits per heavy atom. The average molecular weight is 214 g/mol. The number of hydrogen-bond acceptors (Lipinski definition) is 5. The lowest BCUT2D eigenvalue weighted by Crippen LogP contribution is -1.96. The summed E-state index contributed by atoms with van der Waals surface area (Å²) in [5.74, 6) is 0. The number of rotatable bonds is 6. The van der Waals surface area contributed by atoms with Crippen molar-refractivity contribution >= 4 is 8.60 Å². The Hall–Kier alpha value is 0.230. The van der Waals surface area contributed by atoms with Gasteiger partial charge in [-0.15, -0.1) is 0 Å². The Labute approximate surface area is 81.3 Å². The smallest absolute Gasteiger partial charge is 0.331 e. The molecule has 5 nitrogen and oxygen atoms in total. The minimum absolute atomic E-state index is 0.691. The average Bonchev–Trinajstić information content (AvgIpc) is 2.18. The molecule has 0 bridgehead atoms. The summed E-state index contributed by atoms with van der Waals surface area (Å²) in [6.07, 6.45) is 0. The Morgan fingerprint density at radius 3 is 1.08 bits per heavy atom. The van der Waals surface area contributed by atoms with Crippen LogP contribution < -0.4 is 0 Å². The molecule has 0 unspecified atom stereocenters. The van der Waals surface area contributed by atoms with Gasteiger partial charge in [0, 0.05) is 35.5 Å². The maximum absolute atomic E-state index is 4.67. The first kappa shape index (κ1) is 15.7. The first-order valence-corrected chi connectivity index (χ1v) is 4.76. The Morgan fingerprint density at radius 1 is 0.692 bits per heavy atom. The van der Waals surface area contributed by atoms with Gasteiger partial charge in [0.15, 0.2) is 0 Å². The summed E-state index contributed by atoms with van der Waals surface area (Å²) in [4.78, 5) is 0. The van der Waals surface area contributed by atoms with E-state index in [1.807, 2.05) is 0 Å². The van der Waals surface area contributed by atoms with Crippen LogP contribution in [0.3, 0.4) is 0 Å². The minimum Gasteiger partial charge on any atom is -0.382 e. The molecule has 0 aliphatic heterocycles. The summed E-state index contributed by atoms with van der Waals surface area (Å²) in [6, 6.07) is 0. The van der Waals surface area contributed by atoms with E-state index in [4.69, 9.17) is 0 Å². The topological polar surface area (TPSA) is 46.2 Å². The van der Waals surface area contributed by atoms with Crippen molar-refractivity contribution in [2.24, 2.45) is 0 Å². The number of hydrogen-bond donors (Lipinski definition) is 0. The van der Waals surface area contributed by atoms with Gasteiger partial charge in [-0.25, -0.2) is 0 Å². The highest BCUT2D eigenvalue weighted by atomic mass is 31.2. The van der Waals surface area contributed by atoms with Crippen molar-refractivity contribution in [1.29, 1.82) is 0 Å². The van der Waals surface area contributed by atoms with Crippen LogP contribution in [0.15, 0.2) is 0 Å². The molecule has 0 aromatic rings. The van der Waals surface area contributed by atoms with Gasteiger partial charge in [0.2, 0.25) is 0 Å². The molecule has 0 saturated heterocycles. The highest BCUT2D eigenvalue weighted by Gasteiger charge is 2.00. The van der Waals surface area contributed by atoms with Crippen molar-refractivity contribution in [3.63, 3.8) is 0 Å². The maximum atomic E-state index is 4.67. The van der Waals surface area contributed by atoms with E-state index in [0.717, 1.165) is 0 Å². The van der Waals surface area contributed by atoms with Crippen LogP contribution in [0.4, 0.5) is 0 Å². The van der Waals surface area contributed by atoms with Gasteiger partial charge in [0.1, 0.15) is 0 Å². The predicted octanol–water partition coefficient (Wildman–Crippen LogP) is 1.43. The van der Waals surface area contributed by atoms with E-state index in [1.54, 1.807) is 35.5 Å². The Bertz CT molecular complexity index is 69.8. The zero-order valence-corrected chi connectivity index (χ0v) is 9.80. The molecule has 0 spiro atoms. The van der Waals surface area contributed by atoms with Gasteiger partial charge in [0.25, 0.3) is 0 Å². The number of methoxy groups -OCH3 is 2. The second kappa shape index (κ2) is 14.7. The van der Waals surface area contributed by atoms with Crippen LogP contribution in [0, 0.1) is 0 Å². The SMILES string of the molecule is COCCOC.COP(OC)OC. The van der Waals surface area contributed by atoms with Gasteiger partial charge in [-0.3, -0.25) is 0 Å². The van der Waals surface area contributed by atoms with Crippen molar-refractivity contribution in [3.05, 3.63) is 0 Å². The van der Waals surface area contributed by atoms with Crippen LogP contribution in [-0.2, 0) is 23.0 Å². The van der Waals surface area contributed by atoms with E-state index in [-0.39, 0.29) is 0 Å². The highest BCUT2D eigenvalue weighted by Crippen LogP contribution is 2.35. The van der Waals surface area contributed by atoms with E-state index in [1.165, 1.54) is 0 Å². The minimum atomic E-state index is -1.05. The molecule has 0 aromatic heterocycles. The van der Waals surface area contributed by atoms with Crippen molar-refractivity contribution in [3.8, 4) is 0 Å². The Balaban J connectivity index is 0. The summed E-state index contributed by atoms with van der Waals surface area (Å²) in [5, 5.41) is 0. The van der Waals surface area contributed by atoms with Crippen LogP contribution in [0.25, 0.3) is 0 Å². The van der Waals surface area contributed by atoms with Crippen LogP contribution in [0.1, 0.15) is 0 Å². The molecule has 0 rings (SSSR count). The maximum Gasteiger partial charge on any atom is 0.331 e. The molecule has 0 fully saturated rings. The van der Waals surface area contributed by atoms with E-state index in [9.17, 15) is 0 Å². The van der Waals surface area contributed by atoms with Crippen LogP contribution in [-0.4, -0.2) is 48.8 Å². The third-order valence-corrected chi connectivity index (χ3v) is 1.83. The lowest BCUT2D eigenvalue weighted by atomic mass is 10.8. The molecule has 82 valence electrons. The predicted molar refractivity (Wildman–Crippen MR) is 51.7 cm³/mol. The summed E-state index contributed by atoms with van der Waals surface area (Å²) < 4.78 is 23.3. The third kappa shape index (κ3) is 15.0. The molecule has 0 radical (unpaired) electrons. The molecular weight excluding hydrogens is 195 g/mol. The third-order valence-electron chi connectivity index (χ3n) is 0.939. The number of ether oxygens (including phenoxy) is 2. The largest absolute Gasteiger partial charge is 0.382 e. The fraction of sp³-hybridized carbons (Fsp3) is 1.00. The summed E-state index contributed by atoms with van der Waals surface area (Å²) >= 11 is 0. The first-order valence-electron chi connectivity index (χ1n) is 3.67. The van der Waals surface area contributed by atoms with E-state index >= 15 is 0 Å². The van der Waals surface area contributed by atoms with Crippen molar-refractivity contribution in [2.45, 2.75) is 0 Å². The zero-order chi connectivity index (χ0) is 10.5. The molecule has 13 heavy (non-hydrogen) atoms. The van der Waals surface area contributed by atoms with E-state index in [2.05, 4.69) is 23.0 Å². The molecule has 0 aliphatic carbocycles. The van der Waals surface area contributed by atoms with Gasteiger partial charge in [-0.2, -0.15) is 0 Å². The van der Waals surface area contributed by atoms with Gasteiger partial charge >= 0.3 is 8.60 Å². The highest BCUT2D eigenvalue weighted by molar-refractivity contribution is 7.41.